The first kappa shape index (κ1) is 20.1. The molecule has 3 rings (SSSR count). The maximum Gasteiger partial charge on any atom is 0.306 e. The van der Waals surface area contributed by atoms with Crippen LogP contribution >= 0.6 is 0 Å². The lowest BCUT2D eigenvalue weighted by molar-refractivity contribution is -0.147. The number of anilines is 2. The third-order valence-electron chi connectivity index (χ3n) is 4.40. The van der Waals surface area contributed by atoms with Gasteiger partial charge in [-0.25, -0.2) is 0 Å². The Morgan fingerprint density at radius 3 is 2.24 bits per heavy atom. The Morgan fingerprint density at radius 2 is 1.41 bits per heavy atom. The van der Waals surface area contributed by atoms with Crippen molar-refractivity contribution in [2.75, 3.05) is 17.2 Å². The van der Waals surface area contributed by atoms with E-state index < -0.39 is 18.5 Å². The van der Waals surface area contributed by atoms with Gasteiger partial charge in [0, 0.05) is 23.2 Å². The summed E-state index contributed by atoms with van der Waals surface area (Å²) in [5.41, 5.74) is 2.28. The smallest absolute Gasteiger partial charge is 0.306 e. The average molecular weight is 390 g/mol. The second-order valence-corrected chi connectivity index (χ2v) is 6.60. The van der Waals surface area contributed by atoms with Crippen molar-refractivity contribution in [3.05, 3.63) is 72.3 Å². The number of amides is 2. The van der Waals surface area contributed by atoms with Crippen molar-refractivity contribution in [2.45, 2.75) is 19.8 Å². The molecular weight excluding hydrogens is 368 g/mol. The molecule has 29 heavy (non-hydrogen) atoms. The number of benzene rings is 3. The first-order valence-corrected chi connectivity index (χ1v) is 9.31. The van der Waals surface area contributed by atoms with Crippen molar-refractivity contribution < 1.29 is 19.1 Å². The summed E-state index contributed by atoms with van der Waals surface area (Å²) in [7, 11) is 0. The molecule has 0 spiro atoms. The summed E-state index contributed by atoms with van der Waals surface area (Å²) in [6, 6.07) is 20.7. The molecule has 0 atom stereocenters. The van der Waals surface area contributed by atoms with Gasteiger partial charge in [0.2, 0.25) is 5.91 Å². The van der Waals surface area contributed by atoms with Crippen LogP contribution in [0.5, 0.6) is 0 Å². The fourth-order valence-corrected chi connectivity index (χ4v) is 2.88. The number of rotatable bonds is 7. The number of hydrogen-bond acceptors (Lipinski definition) is 4. The average Bonchev–Trinajstić information content (AvgIpc) is 2.73. The van der Waals surface area contributed by atoms with Gasteiger partial charge in [-0.3, -0.25) is 14.4 Å². The molecule has 0 saturated carbocycles. The third kappa shape index (κ3) is 5.65. The van der Waals surface area contributed by atoms with Gasteiger partial charge in [-0.2, -0.15) is 0 Å². The lowest BCUT2D eigenvalue weighted by Crippen LogP contribution is -2.22. The van der Waals surface area contributed by atoms with Crippen molar-refractivity contribution in [1.29, 1.82) is 0 Å². The SMILES string of the molecule is Cc1ccccc1NC(=O)COC(=O)CCC(=O)Nc1cccc2ccccc12. The number of aryl methyl sites for hydroxylation is 1. The molecule has 2 N–H and O–H groups in total. The molecule has 0 aliphatic rings. The van der Waals surface area contributed by atoms with E-state index in [4.69, 9.17) is 4.74 Å². The molecule has 0 bridgehead atoms. The molecule has 0 aliphatic heterocycles. The minimum atomic E-state index is -0.599. The van der Waals surface area contributed by atoms with Crippen molar-refractivity contribution in [2.24, 2.45) is 0 Å². The van der Waals surface area contributed by atoms with Crippen LogP contribution in [-0.2, 0) is 19.1 Å². The van der Waals surface area contributed by atoms with Crippen LogP contribution in [0.25, 0.3) is 10.8 Å². The third-order valence-corrected chi connectivity index (χ3v) is 4.40. The zero-order chi connectivity index (χ0) is 20.6. The normalized spacial score (nSPS) is 10.4. The van der Waals surface area contributed by atoms with Crippen molar-refractivity contribution in [1.82, 2.24) is 0 Å². The van der Waals surface area contributed by atoms with Gasteiger partial charge in [0.15, 0.2) is 6.61 Å². The van der Waals surface area contributed by atoms with E-state index in [9.17, 15) is 14.4 Å². The molecule has 3 aromatic rings. The van der Waals surface area contributed by atoms with Crippen LogP contribution in [0.15, 0.2) is 66.7 Å². The summed E-state index contributed by atoms with van der Waals surface area (Å²) >= 11 is 0. The van der Waals surface area contributed by atoms with Gasteiger partial charge in [0.1, 0.15) is 0 Å². The van der Waals surface area contributed by atoms with E-state index in [1.54, 1.807) is 6.07 Å². The number of carbonyl (C=O) groups is 3. The largest absolute Gasteiger partial charge is 0.456 e. The first-order valence-electron chi connectivity index (χ1n) is 9.31. The van der Waals surface area contributed by atoms with Crippen LogP contribution in [0, 0.1) is 6.92 Å². The maximum atomic E-state index is 12.2. The zero-order valence-corrected chi connectivity index (χ0v) is 16.1. The molecule has 0 aliphatic carbocycles. The lowest BCUT2D eigenvalue weighted by atomic mass is 10.1. The number of para-hydroxylation sites is 1. The Morgan fingerprint density at radius 1 is 0.759 bits per heavy atom. The van der Waals surface area contributed by atoms with Gasteiger partial charge in [0.05, 0.1) is 6.42 Å². The predicted octanol–water partition coefficient (Wildman–Crippen LogP) is 4.05. The molecule has 6 heteroatoms. The van der Waals surface area contributed by atoms with E-state index in [2.05, 4.69) is 10.6 Å². The van der Waals surface area contributed by atoms with Gasteiger partial charge in [-0.05, 0) is 30.0 Å². The number of nitrogens with one attached hydrogen (secondary N) is 2. The quantitative estimate of drug-likeness (QED) is 0.596. The summed E-state index contributed by atoms with van der Waals surface area (Å²) in [4.78, 5) is 35.9. The van der Waals surface area contributed by atoms with Crippen molar-refractivity contribution >= 4 is 39.9 Å². The molecule has 0 radical (unpaired) electrons. The molecule has 0 saturated heterocycles. The van der Waals surface area contributed by atoms with Crippen LogP contribution in [0.2, 0.25) is 0 Å². The minimum absolute atomic E-state index is 0.0263. The summed E-state index contributed by atoms with van der Waals surface area (Å²) in [6.07, 6.45) is -0.129. The molecule has 6 nitrogen and oxygen atoms in total. The molecule has 148 valence electrons. The Labute approximate surface area is 168 Å². The lowest BCUT2D eigenvalue weighted by Gasteiger charge is -2.10. The highest BCUT2D eigenvalue weighted by molar-refractivity contribution is 6.02. The molecule has 2 amide bonds. The number of ether oxygens (including phenoxy) is 1. The Kier molecular flexibility index (Phi) is 6.58. The summed E-state index contributed by atoms with van der Waals surface area (Å²) in [5.74, 6) is -1.31. The summed E-state index contributed by atoms with van der Waals surface area (Å²) in [5, 5.41) is 7.45. The first-order chi connectivity index (χ1) is 14.0. The van der Waals surface area contributed by atoms with E-state index >= 15 is 0 Å². The second-order valence-electron chi connectivity index (χ2n) is 6.60. The highest BCUT2D eigenvalue weighted by Crippen LogP contribution is 2.23. The Bertz CT molecular complexity index is 1040. The Hall–Kier alpha value is -3.67. The van der Waals surface area contributed by atoms with Crippen LogP contribution < -0.4 is 10.6 Å². The fraction of sp³-hybridized carbons (Fsp3) is 0.174. The number of esters is 1. The molecule has 0 fully saturated rings. The predicted molar refractivity (Wildman–Crippen MR) is 113 cm³/mol. The Balaban J connectivity index is 1.43. The topological polar surface area (TPSA) is 84.5 Å². The van der Waals surface area contributed by atoms with Gasteiger partial charge < -0.3 is 15.4 Å². The van der Waals surface area contributed by atoms with Gasteiger partial charge in [-0.15, -0.1) is 0 Å². The van der Waals surface area contributed by atoms with E-state index in [1.807, 2.05) is 67.6 Å². The second kappa shape index (κ2) is 9.50. The highest BCUT2D eigenvalue weighted by Gasteiger charge is 2.12. The van der Waals surface area contributed by atoms with Crippen LogP contribution in [0.1, 0.15) is 18.4 Å². The highest BCUT2D eigenvalue weighted by atomic mass is 16.5. The molecule has 0 heterocycles. The number of carbonyl (C=O) groups excluding carboxylic acids is 3. The minimum Gasteiger partial charge on any atom is -0.456 e. The van der Waals surface area contributed by atoms with Crippen molar-refractivity contribution in [3.8, 4) is 0 Å². The van der Waals surface area contributed by atoms with Crippen LogP contribution in [-0.4, -0.2) is 24.4 Å². The maximum absolute atomic E-state index is 12.2. The monoisotopic (exact) mass is 390 g/mol. The molecule has 3 aromatic carbocycles. The van der Waals surface area contributed by atoms with E-state index in [0.29, 0.717) is 11.4 Å². The van der Waals surface area contributed by atoms with Crippen molar-refractivity contribution in [3.63, 3.8) is 0 Å². The summed E-state index contributed by atoms with van der Waals surface area (Å²) < 4.78 is 4.96. The van der Waals surface area contributed by atoms with E-state index in [-0.39, 0.29) is 18.7 Å². The van der Waals surface area contributed by atoms with Gasteiger partial charge in [-0.1, -0.05) is 54.6 Å². The number of hydrogen-bond donors (Lipinski definition) is 2. The van der Waals surface area contributed by atoms with Gasteiger partial charge in [0.25, 0.3) is 5.91 Å². The summed E-state index contributed by atoms with van der Waals surface area (Å²) in [6.45, 7) is 1.48. The standard InChI is InChI=1S/C23H22N2O4/c1-16-7-2-5-11-19(16)24-22(27)15-29-23(28)14-13-21(26)25-20-12-6-9-17-8-3-4-10-18(17)20/h2-12H,13-15H2,1H3,(H,24,27)(H,25,26). The molecule has 0 unspecified atom stereocenters. The van der Waals surface area contributed by atoms with Gasteiger partial charge >= 0.3 is 5.97 Å². The van der Waals surface area contributed by atoms with E-state index in [1.165, 1.54) is 0 Å². The van der Waals surface area contributed by atoms with E-state index in [0.717, 1.165) is 16.3 Å². The zero-order valence-electron chi connectivity index (χ0n) is 16.1. The van der Waals surface area contributed by atoms with Crippen LogP contribution in [0.4, 0.5) is 11.4 Å². The molecular formula is C23H22N2O4. The molecule has 0 aromatic heterocycles. The van der Waals surface area contributed by atoms with Crippen LogP contribution in [0.3, 0.4) is 0 Å². The fourth-order valence-electron chi connectivity index (χ4n) is 2.88. The number of fused-ring (bicyclic) bond motifs is 1.